The number of hydrogen-bond acceptors (Lipinski definition) is 4. The highest BCUT2D eigenvalue weighted by Crippen LogP contribution is 2.29. The second-order valence-electron chi connectivity index (χ2n) is 5.88. The third kappa shape index (κ3) is 3.73. The second kappa shape index (κ2) is 6.71. The zero-order valence-corrected chi connectivity index (χ0v) is 14.0. The summed E-state index contributed by atoms with van der Waals surface area (Å²) < 4.78 is 40.1. The normalized spacial score (nSPS) is 11.6. The van der Waals surface area contributed by atoms with E-state index in [1.165, 1.54) is 23.0 Å². The van der Waals surface area contributed by atoms with Gasteiger partial charge < -0.3 is 0 Å². The number of nitro benzene ring substituents is 1. The first-order chi connectivity index (χ1) is 12.7. The van der Waals surface area contributed by atoms with Crippen LogP contribution in [0.2, 0.25) is 0 Å². The maximum atomic E-state index is 12.6. The Bertz CT molecular complexity index is 1050. The van der Waals surface area contributed by atoms with Gasteiger partial charge in [-0.2, -0.15) is 23.0 Å². The fraction of sp³-hybridized carbons (Fsp3) is 0.176. The number of rotatable bonds is 4. The van der Waals surface area contributed by atoms with Gasteiger partial charge in [0.25, 0.3) is 5.69 Å². The summed E-state index contributed by atoms with van der Waals surface area (Å²) in [5, 5.41) is 14.8. The average molecular weight is 378 g/mol. The van der Waals surface area contributed by atoms with Crippen molar-refractivity contribution >= 4 is 5.69 Å². The van der Waals surface area contributed by atoms with Crippen molar-refractivity contribution in [3.63, 3.8) is 0 Å². The maximum Gasteiger partial charge on any atom is 0.416 e. The van der Waals surface area contributed by atoms with Crippen molar-refractivity contribution in [3.8, 4) is 5.69 Å². The monoisotopic (exact) mass is 378 g/mol. The number of benzene rings is 2. The highest BCUT2D eigenvalue weighted by molar-refractivity contribution is 5.42. The van der Waals surface area contributed by atoms with Crippen molar-refractivity contribution < 1.29 is 18.1 Å². The van der Waals surface area contributed by atoms with Crippen LogP contribution in [0.15, 0.2) is 53.6 Å². The molecular weight excluding hydrogens is 365 g/mol. The van der Waals surface area contributed by atoms with Crippen molar-refractivity contribution in [2.75, 3.05) is 0 Å². The summed E-state index contributed by atoms with van der Waals surface area (Å²) >= 11 is 0. The molecule has 2 aromatic carbocycles. The predicted molar refractivity (Wildman–Crippen MR) is 89.8 cm³/mol. The number of aryl methyl sites for hydroxylation is 1. The first-order valence-electron chi connectivity index (χ1n) is 7.73. The topological polar surface area (TPSA) is 83.0 Å². The summed E-state index contributed by atoms with van der Waals surface area (Å²) in [6, 6.07) is 8.57. The molecule has 10 heteroatoms. The van der Waals surface area contributed by atoms with Crippen molar-refractivity contribution in [2.45, 2.75) is 19.6 Å². The van der Waals surface area contributed by atoms with Gasteiger partial charge in [-0.3, -0.25) is 14.7 Å². The fourth-order valence-corrected chi connectivity index (χ4v) is 2.63. The Morgan fingerprint density at radius 1 is 1.15 bits per heavy atom. The molecule has 3 rings (SSSR count). The minimum absolute atomic E-state index is 0.0217. The van der Waals surface area contributed by atoms with Gasteiger partial charge in [-0.25, -0.2) is 4.79 Å². The Hall–Kier alpha value is -3.43. The van der Waals surface area contributed by atoms with Gasteiger partial charge in [0.2, 0.25) is 0 Å². The molecule has 0 saturated heterocycles. The predicted octanol–water partition coefficient (Wildman–Crippen LogP) is 3.32. The molecule has 0 N–H and O–H groups in total. The summed E-state index contributed by atoms with van der Waals surface area (Å²) in [6.45, 7) is 1.72. The highest BCUT2D eigenvalue weighted by Gasteiger charge is 2.30. The zero-order valence-electron chi connectivity index (χ0n) is 14.0. The van der Waals surface area contributed by atoms with E-state index in [1.54, 1.807) is 13.0 Å². The Kier molecular flexibility index (Phi) is 4.56. The highest BCUT2D eigenvalue weighted by atomic mass is 19.4. The van der Waals surface area contributed by atoms with Gasteiger partial charge in [-0.15, -0.1) is 0 Å². The SMILES string of the molecule is Cc1cc(Cn2cnn(-c3ccc(C(F)(F)F)cc3)c2=O)ccc1[N+](=O)[O-]. The number of alkyl halides is 3. The van der Waals surface area contributed by atoms with E-state index < -0.39 is 22.4 Å². The van der Waals surface area contributed by atoms with Crippen LogP contribution in [0.5, 0.6) is 0 Å². The van der Waals surface area contributed by atoms with Crippen LogP contribution in [-0.4, -0.2) is 19.3 Å². The first kappa shape index (κ1) is 18.4. The molecule has 0 aliphatic heterocycles. The molecule has 1 heterocycles. The first-order valence-corrected chi connectivity index (χ1v) is 7.73. The van der Waals surface area contributed by atoms with Crippen LogP contribution in [0, 0.1) is 17.0 Å². The van der Waals surface area contributed by atoms with Gasteiger partial charge in [-0.05, 0) is 42.8 Å². The summed E-state index contributed by atoms with van der Waals surface area (Å²) in [5.41, 5.74) is -0.0584. The van der Waals surface area contributed by atoms with Crippen molar-refractivity contribution in [1.82, 2.24) is 14.3 Å². The van der Waals surface area contributed by atoms with E-state index in [-0.39, 0.29) is 17.9 Å². The van der Waals surface area contributed by atoms with E-state index >= 15 is 0 Å². The molecule has 0 atom stereocenters. The number of aromatic nitrogens is 3. The number of nitro groups is 1. The van der Waals surface area contributed by atoms with Gasteiger partial charge in [-0.1, -0.05) is 6.07 Å². The summed E-state index contributed by atoms with van der Waals surface area (Å²) in [5.74, 6) is 0. The zero-order chi connectivity index (χ0) is 19.8. The van der Waals surface area contributed by atoms with Crippen molar-refractivity contribution in [3.05, 3.63) is 86.1 Å². The third-order valence-electron chi connectivity index (χ3n) is 3.98. The van der Waals surface area contributed by atoms with E-state index in [1.807, 2.05) is 0 Å². The summed E-state index contributed by atoms with van der Waals surface area (Å²) in [6.07, 6.45) is -3.20. The Morgan fingerprint density at radius 3 is 2.37 bits per heavy atom. The van der Waals surface area contributed by atoms with Gasteiger partial charge in [0.05, 0.1) is 22.7 Å². The molecule has 7 nitrogen and oxygen atoms in total. The Balaban J connectivity index is 1.87. The van der Waals surface area contributed by atoms with Crippen LogP contribution >= 0.6 is 0 Å². The van der Waals surface area contributed by atoms with Crippen molar-refractivity contribution in [1.29, 1.82) is 0 Å². The van der Waals surface area contributed by atoms with Gasteiger partial charge >= 0.3 is 11.9 Å². The molecule has 0 aliphatic carbocycles. The molecule has 0 bridgehead atoms. The quantitative estimate of drug-likeness (QED) is 0.515. The maximum absolute atomic E-state index is 12.6. The van der Waals surface area contributed by atoms with Gasteiger partial charge in [0, 0.05) is 11.6 Å². The van der Waals surface area contributed by atoms with E-state index in [0.717, 1.165) is 28.9 Å². The lowest BCUT2D eigenvalue weighted by molar-refractivity contribution is -0.385. The van der Waals surface area contributed by atoms with E-state index in [4.69, 9.17) is 0 Å². The molecule has 27 heavy (non-hydrogen) atoms. The van der Waals surface area contributed by atoms with E-state index in [9.17, 15) is 28.1 Å². The molecule has 3 aromatic rings. The number of hydrogen-bond donors (Lipinski definition) is 0. The molecule has 0 radical (unpaired) electrons. The second-order valence-corrected chi connectivity index (χ2v) is 5.88. The fourth-order valence-electron chi connectivity index (χ4n) is 2.63. The summed E-state index contributed by atoms with van der Waals surface area (Å²) in [4.78, 5) is 22.8. The lowest BCUT2D eigenvalue weighted by Crippen LogP contribution is -2.24. The van der Waals surface area contributed by atoms with Crippen LogP contribution in [0.1, 0.15) is 16.7 Å². The molecule has 0 unspecified atom stereocenters. The van der Waals surface area contributed by atoms with Crippen LogP contribution in [-0.2, 0) is 12.7 Å². The molecular formula is C17H13F3N4O3. The van der Waals surface area contributed by atoms with Crippen LogP contribution in [0.3, 0.4) is 0 Å². The van der Waals surface area contributed by atoms with E-state index in [2.05, 4.69) is 5.10 Å². The average Bonchev–Trinajstić information content (AvgIpc) is 2.95. The molecule has 1 aromatic heterocycles. The molecule has 0 amide bonds. The minimum atomic E-state index is -4.46. The Labute approximate surface area is 150 Å². The minimum Gasteiger partial charge on any atom is -0.277 e. The molecule has 140 valence electrons. The van der Waals surface area contributed by atoms with E-state index in [0.29, 0.717) is 11.1 Å². The lowest BCUT2D eigenvalue weighted by Gasteiger charge is -2.07. The van der Waals surface area contributed by atoms with Crippen LogP contribution in [0.25, 0.3) is 5.69 Å². The molecule has 0 spiro atoms. The molecule has 0 fully saturated rings. The molecule has 0 aliphatic rings. The number of halogens is 3. The number of nitrogens with zero attached hydrogens (tertiary/aromatic N) is 4. The van der Waals surface area contributed by atoms with Crippen molar-refractivity contribution in [2.24, 2.45) is 0 Å². The largest absolute Gasteiger partial charge is 0.416 e. The smallest absolute Gasteiger partial charge is 0.277 e. The standard InChI is InChI=1S/C17H13F3N4O3/c1-11-8-12(2-7-15(11)24(26)27)9-22-10-21-23(16(22)25)14-5-3-13(4-6-14)17(18,19)20/h2-8,10H,9H2,1H3. The van der Waals surface area contributed by atoms with Crippen LogP contribution < -0.4 is 5.69 Å². The van der Waals surface area contributed by atoms with Gasteiger partial charge in [0.15, 0.2) is 0 Å². The van der Waals surface area contributed by atoms with Gasteiger partial charge in [0.1, 0.15) is 6.33 Å². The van der Waals surface area contributed by atoms with Crippen LogP contribution in [0.4, 0.5) is 18.9 Å². The lowest BCUT2D eigenvalue weighted by atomic mass is 10.1. The third-order valence-corrected chi connectivity index (χ3v) is 3.98. The summed E-state index contributed by atoms with van der Waals surface area (Å²) in [7, 11) is 0. The Morgan fingerprint density at radius 2 is 1.81 bits per heavy atom. The molecule has 0 saturated carbocycles.